The molecule has 2 aromatic heterocycles. The number of nitrogens with zero attached hydrogens (tertiary/aromatic N) is 2. The van der Waals surface area contributed by atoms with Gasteiger partial charge in [0.2, 0.25) is 5.78 Å². The zero-order valence-electron chi connectivity index (χ0n) is 32.2. The number of aromatic nitrogens is 4. The van der Waals surface area contributed by atoms with Crippen molar-refractivity contribution in [2.75, 3.05) is 14.2 Å². The van der Waals surface area contributed by atoms with E-state index < -0.39 is 0 Å². The Hall–Kier alpha value is -4.55. The van der Waals surface area contributed by atoms with Gasteiger partial charge in [-0.2, -0.15) is 0 Å². The minimum Gasteiger partial charge on any atom is -0.493 e. The average molecular weight is 839 g/mol. The summed E-state index contributed by atoms with van der Waals surface area (Å²) >= 11 is 2.33. The number of halogens is 1. The van der Waals surface area contributed by atoms with Gasteiger partial charge >= 0.3 is 5.97 Å². The summed E-state index contributed by atoms with van der Waals surface area (Å²) < 4.78 is 18.4. The summed E-state index contributed by atoms with van der Waals surface area (Å²) in [6, 6.07) is 14.7. The lowest BCUT2D eigenvalue weighted by molar-refractivity contribution is -0.140. The Morgan fingerprint density at radius 1 is 0.981 bits per heavy atom. The van der Waals surface area contributed by atoms with Crippen molar-refractivity contribution in [3.63, 3.8) is 0 Å². The predicted molar refractivity (Wildman–Crippen MR) is 222 cm³/mol. The molecule has 0 saturated carbocycles. The monoisotopic (exact) mass is 838 g/mol. The van der Waals surface area contributed by atoms with Crippen LogP contribution in [0, 0.1) is 10.5 Å². The Kier molecular flexibility index (Phi) is 10.7. The van der Waals surface area contributed by atoms with Crippen LogP contribution >= 0.6 is 22.6 Å². The maximum atomic E-state index is 14.3. The van der Waals surface area contributed by atoms with Crippen molar-refractivity contribution >= 4 is 73.7 Å². The summed E-state index contributed by atoms with van der Waals surface area (Å²) in [7, 11) is 2.95. The largest absolute Gasteiger partial charge is 0.493 e. The molecule has 5 heterocycles. The van der Waals surface area contributed by atoms with Gasteiger partial charge in [-0.15, -0.1) is 0 Å². The number of H-pyrrole nitrogens is 2. The van der Waals surface area contributed by atoms with Crippen molar-refractivity contribution in [3.05, 3.63) is 108 Å². The third-order valence-electron chi connectivity index (χ3n) is 11.4. The summed E-state index contributed by atoms with van der Waals surface area (Å²) in [4.78, 5) is 44.4. The number of allylic oxidation sites excluding steroid dienone is 4. The average Bonchev–Trinajstić information content (AvgIpc) is 3.83. The van der Waals surface area contributed by atoms with E-state index in [2.05, 4.69) is 117 Å². The van der Waals surface area contributed by atoms with Gasteiger partial charge in [-0.25, -0.2) is 9.97 Å². The lowest BCUT2D eigenvalue weighted by Crippen LogP contribution is -2.15. The SMILES string of the molecule is CCC1=C(C)c2cc3nc(cc4[nH]c(c5c6[nH]c(cc1n2)c(C)c6C=C(OC)C5=O)[C@@H](CCCC(=O)OC)[C@@H]4C)C(C)=C3C(C)OCc1cccc(I)c1. The topological polar surface area (TPSA) is 119 Å². The number of ketones is 1. The first-order valence-corrected chi connectivity index (χ1v) is 19.7. The van der Waals surface area contributed by atoms with Crippen LogP contribution in [0.15, 0.2) is 48.2 Å². The van der Waals surface area contributed by atoms with Gasteiger partial charge in [-0.3, -0.25) is 9.59 Å². The lowest BCUT2D eigenvalue weighted by Gasteiger charge is -2.20. The number of aryl methyl sites for hydroxylation is 1. The molecule has 8 bridgehead atoms. The van der Waals surface area contributed by atoms with Gasteiger partial charge in [-0.05, 0) is 134 Å². The van der Waals surface area contributed by atoms with E-state index in [0.717, 1.165) is 90.6 Å². The van der Waals surface area contributed by atoms with Crippen LogP contribution in [0.1, 0.15) is 133 Å². The van der Waals surface area contributed by atoms with Gasteiger partial charge in [0, 0.05) is 49.9 Å². The zero-order chi connectivity index (χ0) is 38.4. The number of hydrogen-bond acceptors (Lipinski definition) is 7. The van der Waals surface area contributed by atoms with Crippen LogP contribution < -0.4 is 0 Å². The van der Waals surface area contributed by atoms with Crippen LogP contribution in [0.2, 0.25) is 0 Å². The molecule has 0 fully saturated rings. The van der Waals surface area contributed by atoms with Crippen molar-refractivity contribution in [3.8, 4) is 0 Å². The number of benzene rings is 1. The molecule has 10 heteroatoms. The van der Waals surface area contributed by atoms with Crippen LogP contribution in [0.5, 0.6) is 0 Å². The van der Waals surface area contributed by atoms with Crippen LogP contribution in [0.3, 0.4) is 0 Å². The number of carbonyl (C=O) groups excluding carboxylic acids is 2. The van der Waals surface area contributed by atoms with Crippen LogP contribution in [-0.4, -0.2) is 52.0 Å². The van der Waals surface area contributed by atoms with Gasteiger partial charge in [-0.1, -0.05) is 26.0 Å². The Labute approximate surface area is 330 Å². The number of Topliss-reactive ketones (excluding diaryl/α,β-unsaturated/α-hetero) is 1. The van der Waals surface area contributed by atoms with Crippen molar-refractivity contribution < 1.29 is 23.8 Å². The van der Waals surface area contributed by atoms with Crippen molar-refractivity contribution in [2.24, 2.45) is 0 Å². The molecule has 0 spiro atoms. The van der Waals surface area contributed by atoms with Gasteiger partial charge in [0.1, 0.15) is 0 Å². The van der Waals surface area contributed by atoms with Crippen molar-refractivity contribution in [1.82, 2.24) is 19.9 Å². The number of esters is 1. The first-order valence-electron chi connectivity index (χ1n) is 18.7. The second-order valence-corrected chi connectivity index (χ2v) is 15.7. The number of rotatable bonds is 10. The van der Waals surface area contributed by atoms with Crippen LogP contribution in [0.25, 0.3) is 39.4 Å². The Bertz CT molecular complexity index is 2360. The van der Waals surface area contributed by atoms with Gasteiger partial charge in [0.25, 0.3) is 0 Å². The van der Waals surface area contributed by atoms with E-state index in [1.165, 1.54) is 17.8 Å². The molecule has 3 atom stereocenters. The second kappa shape index (κ2) is 15.3. The summed E-state index contributed by atoms with van der Waals surface area (Å²) in [5, 5.41) is 0. The maximum Gasteiger partial charge on any atom is 0.305 e. The molecule has 3 aliphatic heterocycles. The van der Waals surface area contributed by atoms with Crippen molar-refractivity contribution in [2.45, 2.75) is 91.8 Å². The van der Waals surface area contributed by atoms with E-state index in [1.807, 2.05) is 6.08 Å². The van der Waals surface area contributed by atoms with E-state index >= 15 is 0 Å². The molecule has 3 aromatic rings. The summed E-state index contributed by atoms with van der Waals surface area (Å²) in [5.41, 5.74) is 14.8. The molecule has 280 valence electrons. The van der Waals surface area contributed by atoms with Crippen LogP contribution in [-0.2, 0) is 25.6 Å². The third-order valence-corrected chi connectivity index (χ3v) is 12.0. The molecule has 9 nitrogen and oxygen atoms in total. The molecule has 0 amide bonds. The van der Waals surface area contributed by atoms with E-state index in [0.29, 0.717) is 31.4 Å². The fourth-order valence-corrected chi connectivity index (χ4v) is 8.85. The molecule has 1 aromatic carbocycles. The molecule has 2 N–H and O–H groups in total. The highest BCUT2D eigenvalue weighted by molar-refractivity contribution is 14.1. The Balaban J connectivity index is 1.49. The van der Waals surface area contributed by atoms with Gasteiger partial charge in [0.15, 0.2) is 5.76 Å². The van der Waals surface area contributed by atoms with Gasteiger partial charge < -0.3 is 24.2 Å². The smallest absolute Gasteiger partial charge is 0.305 e. The zero-order valence-corrected chi connectivity index (χ0v) is 34.4. The Morgan fingerprint density at radius 2 is 1.74 bits per heavy atom. The number of ether oxygens (including phenoxy) is 3. The van der Waals surface area contributed by atoms with Crippen molar-refractivity contribution in [1.29, 1.82) is 0 Å². The Morgan fingerprint density at radius 3 is 2.46 bits per heavy atom. The predicted octanol–water partition coefficient (Wildman–Crippen LogP) is 10.2. The highest BCUT2D eigenvalue weighted by atomic mass is 127. The van der Waals surface area contributed by atoms with Gasteiger partial charge in [0.05, 0.1) is 60.8 Å². The normalized spacial score (nSPS) is 17.8. The molecule has 54 heavy (non-hydrogen) atoms. The number of fused-ring (bicyclic) bond motifs is 8. The van der Waals surface area contributed by atoms with Crippen LogP contribution in [0.4, 0.5) is 0 Å². The van der Waals surface area contributed by atoms with E-state index in [-0.39, 0.29) is 35.5 Å². The first kappa shape index (κ1) is 37.8. The third kappa shape index (κ3) is 6.83. The fourth-order valence-electron chi connectivity index (χ4n) is 8.25. The molecular formula is C44H47IN4O5. The number of carbonyl (C=O) groups is 2. The summed E-state index contributed by atoms with van der Waals surface area (Å²) in [5.74, 6) is -0.243. The molecule has 1 aliphatic carbocycles. The standard InChI is InChI=1S/C44H47IN4O5/c1-9-29-22(2)32-20-37-40(26(6)54-21-27-12-10-13-28(45)16-27)25(5)35(47-37)18-33-23(3)30(14-11-15-39(50)53-8)42(48-33)41-43-31(17-38(52-7)44(41)51)24(4)34(49-43)19-36(29)46-32/h10,12-13,16-20,23,26,30,48-49H,9,11,14-15,21H2,1-8H3/t23-,26?,30-/m0/s1. The highest BCUT2D eigenvalue weighted by Gasteiger charge is 2.36. The summed E-state index contributed by atoms with van der Waals surface area (Å²) in [6.07, 6.45) is 3.98. The molecule has 0 radical (unpaired) electrons. The number of nitrogens with one attached hydrogen (secondary N) is 2. The van der Waals surface area contributed by atoms with E-state index in [4.69, 9.17) is 24.2 Å². The fraction of sp³-hybridized carbons (Fsp3) is 0.364. The second-order valence-electron chi connectivity index (χ2n) is 14.5. The molecular weight excluding hydrogens is 791 g/mol. The van der Waals surface area contributed by atoms with E-state index in [1.54, 1.807) is 0 Å². The maximum absolute atomic E-state index is 14.3. The minimum absolute atomic E-state index is 0.00878. The molecule has 4 aliphatic rings. The van der Waals surface area contributed by atoms with E-state index in [9.17, 15) is 9.59 Å². The quantitative estimate of drug-likeness (QED) is 0.154. The summed E-state index contributed by atoms with van der Waals surface area (Å²) in [6.45, 7) is 13.2. The minimum atomic E-state index is -0.252. The lowest BCUT2D eigenvalue weighted by atomic mass is 9.83. The number of aromatic amines is 2. The highest BCUT2D eigenvalue weighted by Crippen LogP contribution is 2.45. The number of hydrogen-bond donors (Lipinski definition) is 2. The number of methoxy groups -OCH3 is 2. The molecule has 7 rings (SSSR count). The molecule has 1 unspecified atom stereocenters. The first-order chi connectivity index (χ1) is 25.9. The molecule has 0 saturated heterocycles.